The van der Waals surface area contributed by atoms with Gasteiger partial charge in [-0.1, -0.05) is 46.6 Å². The van der Waals surface area contributed by atoms with Crippen LogP contribution in [0.3, 0.4) is 0 Å². The number of carbonyl (C=O) groups is 4. The van der Waals surface area contributed by atoms with E-state index in [0.29, 0.717) is 18.5 Å². The molecule has 0 aromatic rings. The number of likely N-dealkylation sites (N-methyl/N-ethyl adjacent to an activating group) is 2. The Balaban J connectivity index is 1.70. The van der Waals surface area contributed by atoms with E-state index < -0.39 is 12.1 Å². The van der Waals surface area contributed by atoms with Crippen molar-refractivity contribution in [1.29, 1.82) is 0 Å². The van der Waals surface area contributed by atoms with E-state index in [-0.39, 0.29) is 53.7 Å². The minimum atomic E-state index is -0.661. The van der Waals surface area contributed by atoms with Crippen molar-refractivity contribution in [3.8, 4) is 0 Å². The van der Waals surface area contributed by atoms with Crippen LogP contribution in [0.15, 0.2) is 11.6 Å². The van der Waals surface area contributed by atoms with Gasteiger partial charge in [0.05, 0.1) is 12.1 Å². The summed E-state index contributed by atoms with van der Waals surface area (Å²) in [7, 11) is 3.71. The van der Waals surface area contributed by atoms with Gasteiger partial charge in [0.2, 0.25) is 17.7 Å². The maximum absolute atomic E-state index is 13.8. The fourth-order valence-corrected chi connectivity index (χ4v) is 6.52. The second kappa shape index (κ2) is 15.2. The van der Waals surface area contributed by atoms with Crippen molar-refractivity contribution in [2.45, 2.75) is 129 Å². The summed E-state index contributed by atoms with van der Waals surface area (Å²) in [6, 6.07) is -1.78. The smallest absolute Gasteiger partial charge is 0.329 e. The molecule has 0 aromatic carbocycles. The first kappa shape index (κ1) is 33.1. The number of rotatable bonds is 10. The Bertz CT molecular complexity index is 958. The summed E-state index contributed by atoms with van der Waals surface area (Å²) in [6.45, 7) is 11.1. The summed E-state index contributed by atoms with van der Waals surface area (Å²) in [5.74, 6) is -0.808. The highest BCUT2D eigenvalue weighted by atomic mass is 16.5. The topological polar surface area (TPSA) is 99.3 Å². The van der Waals surface area contributed by atoms with Crippen LogP contribution in [0.2, 0.25) is 0 Å². The van der Waals surface area contributed by atoms with Crippen LogP contribution in [-0.2, 0) is 23.9 Å². The van der Waals surface area contributed by atoms with Crippen LogP contribution in [0.5, 0.6) is 0 Å². The van der Waals surface area contributed by atoms with Gasteiger partial charge in [-0.15, -0.1) is 0 Å². The fourth-order valence-electron chi connectivity index (χ4n) is 6.52. The Labute approximate surface area is 247 Å². The average Bonchev–Trinajstić information content (AvgIpc) is 3.44. The van der Waals surface area contributed by atoms with E-state index in [1.165, 1.54) is 6.42 Å². The summed E-state index contributed by atoms with van der Waals surface area (Å²) in [6.07, 6.45) is 11.2. The number of hydrogen-bond acceptors (Lipinski definition) is 6. The van der Waals surface area contributed by atoms with E-state index in [4.69, 9.17) is 4.74 Å². The first-order valence-electron chi connectivity index (χ1n) is 15.9. The van der Waals surface area contributed by atoms with Crippen LogP contribution in [0.25, 0.3) is 0 Å². The minimum Gasteiger partial charge on any atom is -0.461 e. The Morgan fingerprint density at radius 2 is 1.49 bits per heavy atom. The number of ether oxygens (including phenoxy) is 1. The number of nitrogens with one attached hydrogen (secondary N) is 1. The van der Waals surface area contributed by atoms with Crippen molar-refractivity contribution in [3.63, 3.8) is 0 Å². The lowest BCUT2D eigenvalue weighted by molar-refractivity contribution is -0.158. The Morgan fingerprint density at radius 1 is 0.854 bits per heavy atom. The third-order valence-electron chi connectivity index (χ3n) is 9.16. The zero-order valence-corrected chi connectivity index (χ0v) is 26.5. The lowest BCUT2D eigenvalue weighted by Gasteiger charge is -2.36. The van der Waals surface area contributed by atoms with Crippen LogP contribution >= 0.6 is 0 Å². The molecule has 0 bridgehead atoms. The van der Waals surface area contributed by atoms with E-state index >= 15 is 0 Å². The van der Waals surface area contributed by atoms with Gasteiger partial charge >= 0.3 is 5.97 Å². The Kier molecular flexibility index (Phi) is 12.2. The summed E-state index contributed by atoms with van der Waals surface area (Å²) >= 11 is 0. The van der Waals surface area contributed by atoms with E-state index in [2.05, 4.69) is 10.2 Å². The monoisotopic (exact) mass is 574 g/mol. The summed E-state index contributed by atoms with van der Waals surface area (Å²) in [4.78, 5) is 58.9. The fraction of sp³-hybridized carbons (Fsp3) is 0.812. The van der Waals surface area contributed by atoms with Crippen LogP contribution < -0.4 is 5.32 Å². The zero-order chi connectivity index (χ0) is 30.3. The van der Waals surface area contributed by atoms with Gasteiger partial charge in [-0.3, -0.25) is 19.3 Å². The molecule has 9 nitrogen and oxygen atoms in total. The summed E-state index contributed by atoms with van der Waals surface area (Å²) in [5.41, 5.74) is 0.509. The van der Waals surface area contributed by atoms with Crippen molar-refractivity contribution < 1.29 is 23.9 Å². The molecular formula is C32H54N4O5. The predicted octanol–water partition coefficient (Wildman–Crippen LogP) is 3.91. The molecule has 2 saturated heterocycles. The normalized spacial score (nSPS) is 24.3. The molecule has 0 radical (unpaired) electrons. The maximum Gasteiger partial charge on any atom is 0.329 e. The first-order valence-corrected chi connectivity index (χ1v) is 15.9. The lowest BCUT2D eigenvalue weighted by Crippen LogP contribution is -2.57. The second-order valence-electron chi connectivity index (χ2n) is 13.1. The number of esters is 1. The van der Waals surface area contributed by atoms with E-state index in [1.54, 1.807) is 23.8 Å². The summed E-state index contributed by atoms with van der Waals surface area (Å²) < 4.78 is 5.81. The molecule has 1 N–H and O–H groups in total. The molecule has 3 amide bonds. The minimum absolute atomic E-state index is 0.0327. The average molecular weight is 575 g/mol. The number of carbonyl (C=O) groups excluding carboxylic acids is 4. The number of nitrogens with zero attached hydrogens (tertiary/aromatic N) is 3. The SMILES string of the molecule is CC(=C[C@H](C(C)C)N(C)C(=O)[C@@H](NC(=O)[C@H]1CCCCN1C)C(C)C)C(=O)N1CCC[C@H]1C(=O)OC1CCCCC1. The molecule has 9 heteroatoms. The van der Waals surface area contributed by atoms with Crippen LogP contribution in [0, 0.1) is 11.8 Å². The number of piperidine rings is 1. The zero-order valence-electron chi connectivity index (χ0n) is 26.5. The van der Waals surface area contributed by atoms with Gasteiger partial charge in [0, 0.05) is 19.2 Å². The van der Waals surface area contributed by atoms with Gasteiger partial charge in [-0.25, -0.2) is 4.79 Å². The largest absolute Gasteiger partial charge is 0.461 e. The molecule has 3 fully saturated rings. The van der Waals surface area contributed by atoms with Crippen molar-refractivity contribution >= 4 is 23.7 Å². The summed E-state index contributed by atoms with van der Waals surface area (Å²) in [5, 5.41) is 3.04. The third kappa shape index (κ3) is 8.55. The molecular weight excluding hydrogens is 520 g/mol. The molecule has 4 atom stereocenters. The Hall–Kier alpha value is -2.42. The van der Waals surface area contributed by atoms with Gasteiger partial charge in [-0.05, 0) is 83.7 Å². The van der Waals surface area contributed by atoms with Gasteiger partial charge in [0.15, 0.2) is 0 Å². The van der Waals surface area contributed by atoms with Gasteiger partial charge < -0.3 is 19.9 Å². The number of likely N-dealkylation sites (tertiary alicyclic amines) is 2. The van der Waals surface area contributed by atoms with Crippen molar-refractivity contribution in [2.75, 3.05) is 27.2 Å². The number of amides is 3. The quantitative estimate of drug-likeness (QED) is 0.314. The highest BCUT2D eigenvalue weighted by Gasteiger charge is 2.38. The molecule has 1 saturated carbocycles. The predicted molar refractivity (Wildman–Crippen MR) is 160 cm³/mol. The van der Waals surface area contributed by atoms with Gasteiger partial charge in [-0.2, -0.15) is 0 Å². The molecule has 2 aliphatic heterocycles. The highest BCUT2D eigenvalue weighted by Crippen LogP contribution is 2.26. The number of hydrogen-bond donors (Lipinski definition) is 1. The molecule has 0 unspecified atom stereocenters. The second-order valence-corrected chi connectivity index (χ2v) is 13.1. The molecule has 0 spiro atoms. The van der Waals surface area contributed by atoms with Crippen LogP contribution in [-0.4, -0.2) is 95.8 Å². The van der Waals surface area contributed by atoms with Crippen LogP contribution in [0.1, 0.15) is 98.8 Å². The molecule has 1 aliphatic carbocycles. The van der Waals surface area contributed by atoms with Gasteiger partial charge in [0.25, 0.3) is 0 Å². The van der Waals surface area contributed by atoms with Crippen molar-refractivity contribution in [2.24, 2.45) is 11.8 Å². The standard InChI is InChI=1S/C32H54N4O5/c1-21(2)27(35(7)31(39)28(22(3)4)33-29(37)25-16-11-12-18-34(25)6)20-23(5)30(38)36-19-13-17-26(36)32(40)41-24-14-9-8-10-15-24/h20-22,24-28H,8-19H2,1-7H3,(H,33,37)/t25-,26+,27-,28+/m1/s1. The Morgan fingerprint density at radius 3 is 2.10 bits per heavy atom. The maximum atomic E-state index is 13.8. The van der Waals surface area contributed by atoms with Crippen molar-refractivity contribution in [1.82, 2.24) is 20.0 Å². The molecule has 3 aliphatic rings. The van der Waals surface area contributed by atoms with Gasteiger partial charge in [0.1, 0.15) is 18.2 Å². The third-order valence-corrected chi connectivity index (χ3v) is 9.16. The van der Waals surface area contributed by atoms with E-state index in [9.17, 15) is 19.2 Å². The van der Waals surface area contributed by atoms with Crippen LogP contribution in [0.4, 0.5) is 0 Å². The molecule has 3 rings (SSSR count). The first-order chi connectivity index (χ1) is 19.4. The molecule has 232 valence electrons. The molecule has 41 heavy (non-hydrogen) atoms. The lowest BCUT2D eigenvalue weighted by atomic mass is 9.96. The highest BCUT2D eigenvalue weighted by molar-refractivity contribution is 5.96. The molecule has 2 heterocycles. The van der Waals surface area contributed by atoms with E-state index in [1.807, 2.05) is 40.8 Å². The molecule has 0 aromatic heterocycles. The van der Waals surface area contributed by atoms with Crippen molar-refractivity contribution in [3.05, 3.63) is 11.6 Å². The van der Waals surface area contributed by atoms with E-state index in [0.717, 1.165) is 57.9 Å².